The van der Waals surface area contributed by atoms with Crippen LogP contribution in [0.25, 0.3) is 0 Å². The van der Waals surface area contributed by atoms with Crippen LogP contribution in [0.2, 0.25) is 0 Å². The van der Waals surface area contributed by atoms with Gasteiger partial charge in [0.25, 0.3) is 5.91 Å². The van der Waals surface area contributed by atoms with Crippen molar-refractivity contribution in [3.05, 3.63) is 76.3 Å². The molecule has 2 aromatic carbocycles. The molecule has 3 aromatic rings. The third-order valence-electron chi connectivity index (χ3n) is 3.40. The molecule has 0 atom stereocenters. The largest absolute Gasteiger partial charge is 0.339 e. The Bertz CT molecular complexity index is 865. The highest BCUT2D eigenvalue weighted by Gasteiger charge is 2.08. The molecule has 0 fully saturated rings. The molecule has 0 aliphatic carbocycles. The van der Waals surface area contributed by atoms with Gasteiger partial charge in [-0.15, -0.1) is 10.2 Å². The molecule has 1 heterocycles. The number of para-hydroxylation sites is 1. The summed E-state index contributed by atoms with van der Waals surface area (Å²) < 4.78 is 0.846. The van der Waals surface area contributed by atoms with Crippen LogP contribution >= 0.6 is 15.9 Å². The van der Waals surface area contributed by atoms with Crippen LogP contribution < -0.4 is 10.6 Å². The van der Waals surface area contributed by atoms with Gasteiger partial charge >= 0.3 is 0 Å². The van der Waals surface area contributed by atoms with Gasteiger partial charge in [0, 0.05) is 15.7 Å². The lowest BCUT2D eigenvalue weighted by molar-refractivity contribution is 0.102. The maximum absolute atomic E-state index is 12.2. The summed E-state index contributed by atoms with van der Waals surface area (Å²) in [6, 6.07) is 18.6. The molecule has 0 radical (unpaired) electrons. The molecule has 2 N–H and O–H groups in total. The van der Waals surface area contributed by atoms with Crippen molar-refractivity contribution in [1.82, 2.24) is 10.2 Å². The molecule has 24 heavy (non-hydrogen) atoms. The van der Waals surface area contributed by atoms with Crippen LogP contribution in [0, 0.1) is 6.92 Å². The fourth-order valence-electron chi connectivity index (χ4n) is 2.13. The first-order valence-electron chi connectivity index (χ1n) is 7.35. The molecule has 0 spiro atoms. The minimum absolute atomic E-state index is 0.231. The number of carbonyl (C=O) groups is 1. The Hall–Kier alpha value is -2.73. The number of aryl methyl sites for hydroxylation is 1. The van der Waals surface area contributed by atoms with Gasteiger partial charge in [-0.1, -0.05) is 40.2 Å². The molecule has 0 aliphatic heterocycles. The van der Waals surface area contributed by atoms with Crippen molar-refractivity contribution in [1.29, 1.82) is 0 Å². The van der Waals surface area contributed by atoms with Crippen molar-refractivity contribution in [2.45, 2.75) is 6.92 Å². The van der Waals surface area contributed by atoms with Gasteiger partial charge < -0.3 is 10.6 Å². The number of nitrogens with one attached hydrogen (secondary N) is 2. The van der Waals surface area contributed by atoms with E-state index in [4.69, 9.17) is 0 Å². The van der Waals surface area contributed by atoms with E-state index in [0.717, 1.165) is 15.7 Å². The number of aromatic nitrogens is 2. The van der Waals surface area contributed by atoms with Crippen molar-refractivity contribution >= 4 is 39.2 Å². The molecular weight excluding hydrogens is 368 g/mol. The molecule has 0 aliphatic rings. The van der Waals surface area contributed by atoms with E-state index in [1.165, 1.54) is 0 Å². The second kappa shape index (κ2) is 7.23. The fourth-order valence-corrected chi connectivity index (χ4v) is 2.53. The number of nitrogens with zero attached hydrogens (tertiary/aromatic N) is 2. The van der Waals surface area contributed by atoms with Crippen LogP contribution in [0.3, 0.4) is 0 Å². The number of hydrogen-bond acceptors (Lipinski definition) is 4. The summed E-state index contributed by atoms with van der Waals surface area (Å²) in [7, 11) is 0. The van der Waals surface area contributed by atoms with Crippen molar-refractivity contribution in [2.24, 2.45) is 0 Å². The van der Waals surface area contributed by atoms with Gasteiger partial charge in [0.15, 0.2) is 11.6 Å². The third-order valence-corrected chi connectivity index (χ3v) is 3.89. The standard InChI is InChI=1S/C18H15BrN4O/c1-12-5-2-3-8-15(12)20-16-9-10-17(23-22-16)21-18(24)13-6-4-7-14(19)11-13/h2-11H,1H3,(H,20,22)(H,21,23,24). The summed E-state index contributed by atoms with van der Waals surface area (Å²) in [5.74, 6) is 0.783. The predicted molar refractivity (Wildman–Crippen MR) is 98.6 cm³/mol. The molecule has 1 aromatic heterocycles. The lowest BCUT2D eigenvalue weighted by Crippen LogP contribution is -2.13. The zero-order valence-electron chi connectivity index (χ0n) is 13.0. The number of hydrogen-bond donors (Lipinski definition) is 2. The van der Waals surface area contributed by atoms with Crippen LogP contribution in [0.1, 0.15) is 15.9 Å². The lowest BCUT2D eigenvalue weighted by Gasteiger charge is -2.09. The fraction of sp³-hybridized carbons (Fsp3) is 0.0556. The van der Waals surface area contributed by atoms with Crippen molar-refractivity contribution in [3.63, 3.8) is 0 Å². The maximum atomic E-state index is 12.2. The van der Waals surface area contributed by atoms with Crippen molar-refractivity contribution in [3.8, 4) is 0 Å². The van der Waals surface area contributed by atoms with Crippen LogP contribution in [0.4, 0.5) is 17.3 Å². The average molecular weight is 383 g/mol. The molecule has 0 saturated carbocycles. The monoisotopic (exact) mass is 382 g/mol. The van der Waals surface area contributed by atoms with Crippen LogP contribution in [-0.2, 0) is 0 Å². The highest BCUT2D eigenvalue weighted by Crippen LogP contribution is 2.19. The van der Waals surface area contributed by atoms with E-state index >= 15 is 0 Å². The number of carbonyl (C=O) groups excluding carboxylic acids is 1. The van der Waals surface area contributed by atoms with Crippen molar-refractivity contribution in [2.75, 3.05) is 10.6 Å². The predicted octanol–water partition coefficient (Wildman–Crippen LogP) is 4.54. The summed E-state index contributed by atoms with van der Waals surface area (Å²) in [5, 5.41) is 14.1. The average Bonchev–Trinajstić information content (AvgIpc) is 2.58. The molecule has 0 unspecified atom stereocenters. The Morgan fingerprint density at radius 3 is 2.42 bits per heavy atom. The Kier molecular flexibility index (Phi) is 4.86. The topological polar surface area (TPSA) is 66.9 Å². The van der Waals surface area contributed by atoms with E-state index in [1.807, 2.05) is 37.3 Å². The molecule has 120 valence electrons. The Morgan fingerprint density at radius 2 is 1.71 bits per heavy atom. The van der Waals surface area contributed by atoms with Gasteiger partial charge in [0.05, 0.1) is 0 Å². The number of rotatable bonds is 4. The molecule has 1 amide bonds. The first kappa shape index (κ1) is 16.1. The zero-order chi connectivity index (χ0) is 16.9. The van der Waals surface area contributed by atoms with Gasteiger partial charge in [0.2, 0.25) is 0 Å². The first-order valence-corrected chi connectivity index (χ1v) is 8.14. The molecule has 5 nitrogen and oxygen atoms in total. The lowest BCUT2D eigenvalue weighted by atomic mass is 10.2. The van der Waals surface area contributed by atoms with Gasteiger partial charge in [-0.3, -0.25) is 4.79 Å². The highest BCUT2D eigenvalue weighted by atomic mass is 79.9. The molecule has 6 heteroatoms. The maximum Gasteiger partial charge on any atom is 0.256 e. The number of amides is 1. The molecule has 3 rings (SSSR count). The van der Waals surface area contributed by atoms with Crippen LogP contribution in [-0.4, -0.2) is 16.1 Å². The third kappa shape index (κ3) is 3.97. The van der Waals surface area contributed by atoms with E-state index in [0.29, 0.717) is 17.2 Å². The Balaban J connectivity index is 1.68. The van der Waals surface area contributed by atoms with Gasteiger partial charge in [0.1, 0.15) is 0 Å². The molecule has 0 saturated heterocycles. The highest BCUT2D eigenvalue weighted by molar-refractivity contribution is 9.10. The Morgan fingerprint density at radius 1 is 0.958 bits per heavy atom. The van der Waals surface area contributed by atoms with E-state index in [1.54, 1.807) is 30.3 Å². The minimum atomic E-state index is -0.231. The Labute approximate surface area is 148 Å². The van der Waals surface area contributed by atoms with E-state index in [9.17, 15) is 4.79 Å². The van der Waals surface area contributed by atoms with Gasteiger partial charge in [-0.2, -0.15) is 0 Å². The first-order chi connectivity index (χ1) is 11.6. The smallest absolute Gasteiger partial charge is 0.256 e. The summed E-state index contributed by atoms with van der Waals surface area (Å²) in [6.45, 7) is 2.02. The van der Waals surface area contributed by atoms with E-state index < -0.39 is 0 Å². The van der Waals surface area contributed by atoms with Gasteiger partial charge in [-0.05, 0) is 48.9 Å². The number of anilines is 3. The SMILES string of the molecule is Cc1ccccc1Nc1ccc(NC(=O)c2cccc(Br)c2)nn1. The molecular formula is C18H15BrN4O. The summed E-state index contributed by atoms with van der Waals surface area (Å²) >= 11 is 3.35. The van der Waals surface area contributed by atoms with Crippen LogP contribution in [0.5, 0.6) is 0 Å². The zero-order valence-corrected chi connectivity index (χ0v) is 14.5. The summed E-state index contributed by atoms with van der Waals surface area (Å²) in [4.78, 5) is 12.2. The normalized spacial score (nSPS) is 10.2. The number of halogens is 1. The second-order valence-electron chi connectivity index (χ2n) is 5.21. The van der Waals surface area contributed by atoms with Crippen LogP contribution in [0.15, 0.2) is 65.1 Å². The van der Waals surface area contributed by atoms with E-state index in [-0.39, 0.29) is 5.91 Å². The van der Waals surface area contributed by atoms with Gasteiger partial charge in [-0.25, -0.2) is 0 Å². The summed E-state index contributed by atoms with van der Waals surface area (Å²) in [5.41, 5.74) is 2.64. The molecule has 0 bridgehead atoms. The van der Waals surface area contributed by atoms with Crippen molar-refractivity contribution < 1.29 is 4.79 Å². The number of benzene rings is 2. The summed E-state index contributed by atoms with van der Waals surface area (Å²) in [6.07, 6.45) is 0. The second-order valence-corrected chi connectivity index (χ2v) is 6.12. The minimum Gasteiger partial charge on any atom is -0.339 e. The quantitative estimate of drug-likeness (QED) is 0.694. The van der Waals surface area contributed by atoms with E-state index in [2.05, 4.69) is 36.8 Å².